The van der Waals surface area contributed by atoms with Crippen molar-refractivity contribution >= 4 is 28.1 Å². The van der Waals surface area contributed by atoms with E-state index in [2.05, 4.69) is 34.1 Å². The quantitative estimate of drug-likeness (QED) is 0.713. The third kappa shape index (κ3) is 2.36. The fourth-order valence-corrected chi connectivity index (χ4v) is 4.22. The molecule has 1 spiro atoms. The molecule has 2 aliphatic rings. The minimum absolute atomic E-state index is 0.223. The summed E-state index contributed by atoms with van der Waals surface area (Å²) in [6, 6.07) is 10.5. The maximum absolute atomic E-state index is 12.5. The Bertz CT molecular complexity index is 1200. The van der Waals surface area contributed by atoms with Gasteiger partial charge in [0.2, 0.25) is 0 Å². The third-order valence-electron chi connectivity index (χ3n) is 6.21. The molecule has 0 aliphatic heterocycles. The Kier molecular flexibility index (Phi) is 3.29. The van der Waals surface area contributed by atoms with Gasteiger partial charge < -0.3 is 5.32 Å². The summed E-state index contributed by atoms with van der Waals surface area (Å²) in [5.41, 5.74) is 1.97. The van der Waals surface area contributed by atoms with E-state index in [4.69, 9.17) is 0 Å². The fourth-order valence-electron chi connectivity index (χ4n) is 4.22. The number of nitrogens with one attached hydrogen (secondary N) is 1. The Balaban J connectivity index is 1.42. The lowest BCUT2D eigenvalue weighted by molar-refractivity contribution is -0.111. The summed E-state index contributed by atoms with van der Waals surface area (Å²) in [7, 11) is 1.79. The first kappa shape index (κ1) is 16.7. The molecule has 3 aromatic rings. The number of aryl methyl sites for hydroxylation is 1. The van der Waals surface area contributed by atoms with Crippen LogP contribution >= 0.6 is 0 Å². The van der Waals surface area contributed by atoms with Crippen LogP contribution in [0.15, 0.2) is 49.4 Å². The average Bonchev–Trinajstić information content (AvgIpc) is 3.57. The Labute approximate surface area is 162 Å². The van der Waals surface area contributed by atoms with E-state index in [0.29, 0.717) is 17.0 Å². The molecule has 1 atom stereocenters. The lowest BCUT2D eigenvalue weighted by Gasteiger charge is -2.11. The number of aromatic nitrogens is 3. The van der Waals surface area contributed by atoms with E-state index in [1.165, 1.54) is 0 Å². The fraction of sp³-hybridized carbons (Fsp3) is 0.273. The standard InChI is InChI=1S/C22H19N5O/c1-14(17-10-25-27(2)11-17)20(28)26-19-8-16-7-18(4-3-15(16)9-24-19)22(13-23)12-21(22)5-6-21/h3-4,7-11H,1,5-6,12H2,2H3,(H,24,26,28). The highest BCUT2D eigenvalue weighted by Crippen LogP contribution is 2.78. The van der Waals surface area contributed by atoms with Crippen molar-refractivity contribution in [2.45, 2.75) is 24.7 Å². The van der Waals surface area contributed by atoms with E-state index < -0.39 is 0 Å². The number of anilines is 1. The van der Waals surface area contributed by atoms with E-state index >= 15 is 0 Å². The number of carbonyl (C=O) groups excluding carboxylic acids is 1. The number of carbonyl (C=O) groups is 1. The minimum Gasteiger partial charge on any atom is -0.307 e. The zero-order valence-electron chi connectivity index (χ0n) is 15.6. The van der Waals surface area contributed by atoms with Gasteiger partial charge in [-0.25, -0.2) is 4.98 Å². The maximum Gasteiger partial charge on any atom is 0.256 e. The molecule has 2 fully saturated rings. The monoisotopic (exact) mass is 369 g/mol. The molecule has 28 heavy (non-hydrogen) atoms. The van der Waals surface area contributed by atoms with Crippen molar-refractivity contribution in [2.75, 3.05) is 5.32 Å². The average molecular weight is 369 g/mol. The highest BCUT2D eigenvalue weighted by molar-refractivity contribution is 6.24. The lowest BCUT2D eigenvalue weighted by Crippen LogP contribution is -2.13. The molecule has 0 radical (unpaired) electrons. The second-order valence-electron chi connectivity index (χ2n) is 7.94. The number of fused-ring (bicyclic) bond motifs is 1. The smallest absolute Gasteiger partial charge is 0.256 e. The normalized spacial score (nSPS) is 21.3. The van der Waals surface area contributed by atoms with E-state index in [-0.39, 0.29) is 16.7 Å². The zero-order valence-corrected chi connectivity index (χ0v) is 15.6. The molecule has 5 rings (SSSR count). The van der Waals surface area contributed by atoms with Crippen LogP contribution in [0.25, 0.3) is 16.3 Å². The number of rotatable bonds is 4. The van der Waals surface area contributed by atoms with E-state index in [9.17, 15) is 10.1 Å². The maximum atomic E-state index is 12.5. The van der Waals surface area contributed by atoms with Crippen molar-refractivity contribution in [1.29, 1.82) is 5.26 Å². The summed E-state index contributed by atoms with van der Waals surface area (Å²) in [5, 5.41) is 18.6. The van der Waals surface area contributed by atoms with Gasteiger partial charge in [0.25, 0.3) is 5.91 Å². The summed E-state index contributed by atoms with van der Waals surface area (Å²) in [4.78, 5) is 16.8. The van der Waals surface area contributed by atoms with Gasteiger partial charge in [-0.1, -0.05) is 18.7 Å². The van der Waals surface area contributed by atoms with Crippen molar-refractivity contribution in [3.8, 4) is 6.07 Å². The van der Waals surface area contributed by atoms with Crippen molar-refractivity contribution in [3.63, 3.8) is 0 Å². The zero-order chi connectivity index (χ0) is 19.5. The largest absolute Gasteiger partial charge is 0.307 e. The number of nitrogens with zero attached hydrogens (tertiary/aromatic N) is 4. The van der Waals surface area contributed by atoms with Crippen LogP contribution in [-0.2, 0) is 17.3 Å². The van der Waals surface area contributed by atoms with Gasteiger partial charge in [0.15, 0.2) is 0 Å². The molecule has 6 heteroatoms. The molecule has 6 nitrogen and oxygen atoms in total. The van der Waals surface area contributed by atoms with Gasteiger partial charge >= 0.3 is 0 Å². The van der Waals surface area contributed by atoms with Crippen molar-refractivity contribution in [1.82, 2.24) is 14.8 Å². The molecule has 2 saturated carbocycles. The second kappa shape index (κ2) is 5.52. The Hall–Kier alpha value is -3.46. The molecule has 2 heterocycles. The molecule has 138 valence electrons. The SMILES string of the molecule is C=C(C(=O)Nc1cc2cc(C3(C#N)CC34CC4)ccc2cn1)c1cnn(C)c1. The molecule has 1 unspecified atom stereocenters. The molecular formula is C22H19N5O. The van der Waals surface area contributed by atoms with Crippen molar-refractivity contribution in [2.24, 2.45) is 12.5 Å². The first-order valence-corrected chi connectivity index (χ1v) is 9.27. The Morgan fingerprint density at radius 1 is 1.29 bits per heavy atom. The predicted octanol–water partition coefficient (Wildman–Crippen LogP) is 3.57. The molecule has 0 bridgehead atoms. The summed E-state index contributed by atoms with van der Waals surface area (Å²) < 4.78 is 1.62. The van der Waals surface area contributed by atoms with Crippen LogP contribution in [0.5, 0.6) is 0 Å². The van der Waals surface area contributed by atoms with Gasteiger partial charge in [-0.2, -0.15) is 10.4 Å². The molecule has 2 aliphatic carbocycles. The summed E-state index contributed by atoms with van der Waals surface area (Å²) in [6.07, 6.45) is 8.33. The van der Waals surface area contributed by atoms with Gasteiger partial charge in [-0.05, 0) is 47.8 Å². The van der Waals surface area contributed by atoms with Gasteiger partial charge in [-0.3, -0.25) is 9.48 Å². The van der Waals surface area contributed by atoms with Crippen LogP contribution in [0.2, 0.25) is 0 Å². The van der Waals surface area contributed by atoms with Crippen molar-refractivity contribution in [3.05, 3.63) is 60.6 Å². The van der Waals surface area contributed by atoms with Crippen LogP contribution < -0.4 is 5.32 Å². The van der Waals surface area contributed by atoms with Crippen LogP contribution in [0, 0.1) is 16.7 Å². The van der Waals surface area contributed by atoms with Gasteiger partial charge in [0, 0.05) is 36.0 Å². The first-order chi connectivity index (χ1) is 13.5. The molecule has 1 amide bonds. The Morgan fingerprint density at radius 2 is 2.11 bits per heavy atom. The topological polar surface area (TPSA) is 83.6 Å². The number of benzene rings is 1. The van der Waals surface area contributed by atoms with Crippen LogP contribution in [0.3, 0.4) is 0 Å². The molecule has 0 saturated heterocycles. The summed E-state index contributed by atoms with van der Waals surface area (Å²) in [6.45, 7) is 3.86. The number of nitriles is 1. The molecule has 1 aromatic carbocycles. The lowest BCUT2D eigenvalue weighted by atomic mass is 9.92. The first-order valence-electron chi connectivity index (χ1n) is 9.27. The second-order valence-corrected chi connectivity index (χ2v) is 7.94. The van der Waals surface area contributed by atoms with Crippen molar-refractivity contribution < 1.29 is 4.79 Å². The number of hydrogen-bond donors (Lipinski definition) is 1. The van der Waals surface area contributed by atoms with Gasteiger partial charge in [0.05, 0.1) is 17.7 Å². The summed E-state index contributed by atoms with van der Waals surface area (Å²) >= 11 is 0. The van der Waals surface area contributed by atoms with Crippen LogP contribution in [0.1, 0.15) is 30.4 Å². The van der Waals surface area contributed by atoms with Crippen LogP contribution in [-0.4, -0.2) is 20.7 Å². The van der Waals surface area contributed by atoms with Gasteiger partial charge in [0.1, 0.15) is 5.82 Å². The minimum atomic E-state index is -0.331. The Morgan fingerprint density at radius 3 is 2.75 bits per heavy atom. The number of pyridine rings is 1. The highest BCUT2D eigenvalue weighted by Gasteiger charge is 2.75. The predicted molar refractivity (Wildman–Crippen MR) is 106 cm³/mol. The highest BCUT2D eigenvalue weighted by atomic mass is 16.1. The molecule has 2 aromatic heterocycles. The molecule has 1 N–H and O–H groups in total. The van der Waals surface area contributed by atoms with E-state index in [1.807, 2.05) is 18.2 Å². The van der Waals surface area contributed by atoms with Gasteiger partial charge in [-0.15, -0.1) is 0 Å². The number of amides is 1. The molecular weight excluding hydrogens is 350 g/mol. The van der Waals surface area contributed by atoms with E-state index in [0.717, 1.165) is 35.6 Å². The summed E-state index contributed by atoms with van der Waals surface area (Å²) in [5.74, 6) is 0.145. The number of hydrogen-bond acceptors (Lipinski definition) is 4. The third-order valence-corrected chi connectivity index (χ3v) is 6.21. The van der Waals surface area contributed by atoms with Crippen LogP contribution in [0.4, 0.5) is 5.82 Å². The van der Waals surface area contributed by atoms with E-state index in [1.54, 1.807) is 30.3 Å².